The molecule has 0 bridgehead atoms. The molecule has 49 heavy (non-hydrogen) atoms. The van der Waals surface area contributed by atoms with E-state index in [4.69, 9.17) is 9.15 Å². The van der Waals surface area contributed by atoms with Crippen molar-refractivity contribution in [3.05, 3.63) is 78.2 Å². The number of fused-ring (bicyclic) bond motifs is 2. The molecule has 6 rings (SSSR count). The molecular weight excluding hydrogens is 622 g/mol. The average Bonchev–Trinajstić information content (AvgIpc) is 3.85. The van der Waals surface area contributed by atoms with Gasteiger partial charge in [0.05, 0.1) is 7.11 Å². The minimum Gasteiger partial charge on any atom is -0.497 e. The first kappa shape index (κ1) is 33.8. The molecule has 0 radical (unpaired) electrons. The number of hydrogen-bond acceptors (Lipinski definition) is 6. The zero-order chi connectivity index (χ0) is 34.7. The number of carbonyl (C=O) groups excluding carboxylic acids is 4. The van der Waals surface area contributed by atoms with Crippen molar-refractivity contribution >= 4 is 34.5 Å². The first-order valence-electron chi connectivity index (χ1n) is 17.1. The van der Waals surface area contributed by atoms with Crippen LogP contribution in [-0.4, -0.2) is 71.3 Å². The number of carbonyl (C=O) groups is 4. The van der Waals surface area contributed by atoms with Crippen LogP contribution in [0.15, 0.2) is 71.3 Å². The van der Waals surface area contributed by atoms with E-state index in [1.165, 1.54) is 4.90 Å². The summed E-state index contributed by atoms with van der Waals surface area (Å²) >= 11 is 0. The number of ether oxygens (including phenoxy) is 1. The summed E-state index contributed by atoms with van der Waals surface area (Å²) in [7, 11) is 1.59. The standard InChI is InChI=1S/C38H45N5O6/c1-22(2)29-14-9-23(3)17-35(44)41-31(18-25-20-39-30-8-6-5-7-28(25)30)38(47)43-21-26(19-32(43)36(45)42-29)40-37(46)34-16-15-33(49-34)24-10-12-27(48-4)13-11-24/h5-8,10-13,15-16,20,22-23,26,29,31-32,39H,9,14,17-19,21H2,1-4H3,(H,40,46)(H,41,44)(H,42,45)/t23-,26-,29+,31-,32+/m1/s1. The monoisotopic (exact) mass is 667 g/mol. The molecule has 0 aliphatic carbocycles. The Morgan fingerprint density at radius 3 is 2.55 bits per heavy atom. The van der Waals surface area contributed by atoms with Crippen molar-refractivity contribution < 1.29 is 28.3 Å². The van der Waals surface area contributed by atoms with Gasteiger partial charge in [-0.3, -0.25) is 19.2 Å². The van der Waals surface area contributed by atoms with Crippen molar-refractivity contribution in [3.63, 3.8) is 0 Å². The molecule has 5 atom stereocenters. The van der Waals surface area contributed by atoms with Gasteiger partial charge in [0.2, 0.25) is 17.7 Å². The lowest BCUT2D eigenvalue weighted by Gasteiger charge is -2.30. The fraction of sp³-hybridized carbons (Fsp3) is 0.421. The Morgan fingerprint density at radius 1 is 1.02 bits per heavy atom. The quantitative estimate of drug-likeness (QED) is 0.222. The highest BCUT2D eigenvalue weighted by Crippen LogP contribution is 2.27. The summed E-state index contributed by atoms with van der Waals surface area (Å²) in [6.07, 6.45) is 4.09. The normalized spacial score (nSPS) is 23.7. The molecule has 258 valence electrons. The second kappa shape index (κ2) is 14.6. The number of amides is 4. The van der Waals surface area contributed by atoms with Crippen LogP contribution in [0, 0.1) is 11.8 Å². The number of nitrogens with zero attached hydrogens (tertiary/aromatic N) is 1. The number of hydrogen-bond donors (Lipinski definition) is 4. The fourth-order valence-electron chi connectivity index (χ4n) is 6.97. The van der Waals surface area contributed by atoms with E-state index in [1.54, 1.807) is 19.2 Å². The fourth-order valence-corrected chi connectivity index (χ4v) is 6.97. The average molecular weight is 668 g/mol. The van der Waals surface area contributed by atoms with Gasteiger partial charge in [-0.25, -0.2) is 0 Å². The molecule has 2 aliphatic heterocycles. The van der Waals surface area contributed by atoms with E-state index < -0.39 is 24.0 Å². The predicted octanol–water partition coefficient (Wildman–Crippen LogP) is 4.82. The molecule has 2 saturated heterocycles. The van der Waals surface area contributed by atoms with Crippen LogP contribution < -0.4 is 20.7 Å². The third-order valence-electron chi connectivity index (χ3n) is 9.80. The lowest BCUT2D eigenvalue weighted by molar-refractivity contribution is -0.141. The number of benzene rings is 2. The molecule has 11 heteroatoms. The molecule has 0 saturated carbocycles. The van der Waals surface area contributed by atoms with Crippen LogP contribution in [-0.2, 0) is 20.8 Å². The molecule has 0 unspecified atom stereocenters. The number of aromatic amines is 1. The zero-order valence-corrected chi connectivity index (χ0v) is 28.5. The highest BCUT2D eigenvalue weighted by Gasteiger charge is 2.43. The number of para-hydroxylation sites is 1. The van der Waals surface area contributed by atoms with Crippen LogP contribution in [0.2, 0.25) is 0 Å². The highest BCUT2D eigenvalue weighted by molar-refractivity contribution is 5.95. The molecule has 11 nitrogen and oxygen atoms in total. The molecule has 4 amide bonds. The SMILES string of the molecule is COc1ccc(-c2ccc(C(=O)N[C@@H]3C[C@H]4C(=O)N[C@H](C(C)C)CC[C@@H](C)CC(=O)N[C@H](Cc5c[nH]c6ccccc56)C(=O)N4C3)o2)cc1. The van der Waals surface area contributed by atoms with Crippen molar-refractivity contribution in [2.75, 3.05) is 13.7 Å². The van der Waals surface area contributed by atoms with Crippen LogP contribution in [0.1, 0.15) is 62.6 Å². The molecule has 2 aromatic heterocycles. The van der Waals surface area contributed by atoms with Crippen molar-refractivity contribution in [1.82, 2.24) is 25.8 Å². The number of nitrogens with one attached hydrogen (secondary N) is 4. The molecule has 4 aromatic rings. The summed E-state index contributed by atoms with van der Waals surface area (Å²) < 4.78 is 11.1. The number of furan rings is 1. The minimum absolute atomic E-state index is 0.0778. The first-order chi connectivity index (χ1) is 23.6. The maximum atomic E-state index is 14.5. The van der Waals surface area contributed by atoms with Crippen LogP contribution in [0.4, 0.5) is 0 Å². The van der Waals surface area contributed by atoms with Gasteiger partial charge in [0.1, 0.15) is 23.6 Å². The smallest absolute Gasteiger partial charge is 0.287 e. The minimum atomic E-state index is -0.901. The number of H-pyrrole nitrogens is 1. The Hall–Kier alpha value is -5.06. The van der Waals surface area contributed by atoms with Gasteiger partial charge < -0.3 is 35.0 Å². The summed E-state index contributed by atoms with van der Waals surface area (Å²) in [6, 6.07) is 16.1. The topological polar surface area (TPSA) is 146 Å². The number of methoxy groups -OCH3 is 1. The van der Waals surface area contributed by atoms with E-state index in [1.807, 2.05) is 61.7 Å². The molecule has 0 spiro atoms. The van der Waals surface area contributed by atoms with Crippen molar-refractivity contribution in [2.24, 2.45) is 11.8 Å². The maximum absolute atomic E-state index is 14.5. The van der Waals surface area contributed by atoms with Gasteiger partial charge in [-0.15, -0.1) is 0 Å². The van der Waals surface area contributed by atoms with Gasteiger partial charge >= 0.3 is 0 Å². The first-order valence-corrected chi connectivity index (χ1v) is 17.1. The summed E-state index contributed by atoms with van der Waals surface area (Å²) in [5.41, 5.74) is 2.62. The van der Waals surface area contributed by atoms with Gasteiger partial charge in [-0.05, 0) is 79.1 Å². The van der Waals surface area contributed by atoms with Crippen molar-refractivity contribution in [2.45, 2.75) is 77.0 Å². The lowest BCUT2D eigenvalue weighted by Crippen LogP contribution is -2.55. The Morgan fingerprint density at radius 2 is 1.80 bits per heavy atom. The van der Waals surface area contributed by atoms with Crippen molar-refractivity contribution in [1.29, 1.82) is 0 Å². The van der Waals surface area contributed by atoms with E-state index >= 15 is 0 Å². The van der Waals surface area contributed by atoms with Gasteiger partial charge in [-0.2, -0.15) is 0 Å². The van der Waals surface area contributed by atoms with E-state index in [0.717, 1.165) is 28.5 Å². The predicted molar refractivity (Wildman–Crippen MR) is 186 cm³/mol. The maximum Gasteiger partial charge on any atom is 0.287 e. The second-order valence-corrected chi connectivity index (χ2v) is 13.7. The van der Waals surface area contributed by atoms with Crippen LogP contribution >= 0.6 is 0 Å². The van der Waals surface area contributed by atoms with Gasteiger partial charge in [0.15, 0.2) is 5.76 Å². The van der Waals surface area contributed by atoms with E-state index in [2.05, 4.69) is 34.8 Å². The van der Waals surface area contributed by atoms with Crippen LogP contribution in [0.3, 0.4) is 0 Å². The molecule has 4 N–H and O–H groups in total. The summed E-state index contributed by atoms with van der Waals surface area (Å²) in [4.78, 5) is 60.0. The molecule has 4 heterocycles. The highest BCUT2D eigenvalue weighted by atomic mass is 16.5. The van der Waals surface area contributed by atoms with E-state index in [9.17, 15) is 19.2 Å². The van der Waals surface area contributed by atoms with Gasteiger partial charge in [-0.1, -0.05) is 39.0 Å². The van der Waals surface area contributed by atoms with E-state index in [0.29, 0.717) is 17.9 Å². The lowest BCUT2D eigenvalue weighted by atomic mass is 9.92. The number of rotatable bonds is 7. The third kappa shape index (κ3) is 7.66. The Bertz CT molecular complexity index is 1810. The third-order valence-corrected chi connectivity index (χ3v) is 9.80. The number of aromatic nitrogens is 1. The van der Waals surface area contributed by atoms with Crippen molar-refractivity contribution in [3.8, 4) is 17.1 Å². The largest absolute Gasteiger partial charge is 0.497 e. The molecule has 2 fully saturated rings. The van der Waals surface area contributed by atoms with Crippen LogP contribution in [0.5, 0.6) is 5.75 Å². The van der Waals surface area contributed by atoms with E-state index in [-0.39, 0.29) is 67.2 Å². The summed E-state index contributed by atoms with van der Waals surface area (Å²) in [6.45, 7) is 6.25. The molecular formula is C38H45N5O6. The van der Waals surface area contributed by atoms with Crippen LogP contribution in [0.25, 0.3) is 22.2 Å². The van der Waals surface area contributed by atoms with Gasteiger partial charge in [0, 0.05) is 54.1 Å². The zero-order valence-electron chi connectivity index (χ0n) is 28.5. The molecule has 2 aromatic carbocycles. The Balaban J connectivity index is 1.26. The Labute approximate surface area is 286 Å². The molecule has 2 aliphatic rings. The summed E-state index contributed by atoms with van der Waals surface area (Å²) in [5, 5.41) is 10.2. The second-order valence-electron chi connectivity index (χ2n) is 13.7. The van der Waals surface area contributed by atoms with Gasteiger partial charge in [0.25, 0.3) is 5.91 Å². The Kier molecular flexibility index (Phi) is 10.1. The summed E-state index contributed by atoms with van der Waals surface area (Å²) in [5.74, 6) is 0.343.